The molecule has 1 amide bonds. The Labute approximate surface area is 141 Å². The van der Waals surface area contributed by atoms with Crippen molar-refractivity contribution in [3.63, 3.8) is 0 Å². The van der Waals surface area contributed by atoms with Crippen molar-refractivity contribution in [2.45, 2.75) is 25.3 Å². The summed E-state index contributed by atoms with van der Waals surface area (Å²) in [4.78, 5) is 19.4. The van der Waals surface area contributed by atoms with E-state index in [-0.39, 0.29) is 11.9 Å². The number of para-hydroxylation sites is 1. The van der Waals surface area contributed by atoms with Gasteiger partial charge >= 0.3 is 0 Å². The van der Waals surface area contributed by atoms with Crippen LogP contribution in [-0.4, -0.2) is 36.8 Å². The third kappa shape index (κ3) is 2.87. The van der Waals surface area contributed by atoms with Gasteiger partial charge in [0.25, 0.3) is 5.91 Å². The van der Waals surface area contributed by atoms with Gasteiger partial charge in [0.05, 0.1) is 25.5 Å². The number of nitrogens with zero attached hydrogens (tertiary/aromatic N) is 2. The van der Waals surface area contributed by atoms with E-state index in [1.165, 1.54) is 0 Å². The summed E-state index contributed by atoms with van der Waals surface area (Å²) in [6.45, 7) is 1.97. The number of carbonyl (C=O) groups is 1. The molecule has 2 aliphatic heterocycles. The molecule has 1 atom stereocenters. The Bertz CT molecular complexity index is 727. The molecule has 1 fully saturated rings. The molecule has 0 radical (unpaired) electrons. The Morgan fingerprint density at radius 3 is 2.88 bits per heavy atom. The van der Waals surface area contributed by atoms with Crippen LogP contribution in [0.15, 0.2) is 42.6 Å². The lowest BCUT2D eigenvalue weighted by Gasteiger charge is -2.28. The molecule has 1 aromatic carbocycles. The maximum Gasteiger partial charge on any atom is 0.277 e. The van der Waals surface area contributed by atoms with E-state index >= 15 is 0 Å². The molecule has 1 unspecified atom stereocenters. The van der Waals surface area contributed by atoms with Gasteiger partial charge < -0.3 is 14.4 Å². The van der Waals surface area contributed by atoms with Crippen LogP contribution in [-0.2, 0) is 11.2 Å². The number of pyridine rings is 1. The predicted octanol–water partition coefficient (Wildman–Crippen LogP) is 2.84. The van der Waals surface area contributed by atoms with Gasteiger partial charge in [0.1, 0.15) is 11.4 Å². The standard InChI is InChI=1S/C19H20N2O3/c22-19(17-11-14-5-4-9-24-18(14)12-20-17)21(16-8-10-23-13-16)15-6-2-1-3-7-15/h1-3,6-7,11-12,16H,4-5,8-10,13H2. The van der Waals surface area contributed by atoms with E-state index in [0.29, 0.717) is 18.9 Å². The van der Waals surface area contributed by atoms with E-state index in [0.717, 1.165) is 42.9 Å². The lowest BCUT2D eigenvalue weighted by Crippen LogP contribution is -2.41. The first kappa shape index (κ1) is 15.1. The van der Waals surface area contributed by atoms with Crippen molar-refractivity contribution >= 4 is 11.6 Å². The van der Waals surface area contributed by atoms with Crippen molar-refractivity contribution in [3.8, 4) is 5.75 Å². The van der Waals surface area contributed by atoms with Crippen LogP contribution >= 0.6 is 0 Å². The van der Waals surface area contributed by atoms with Gasteiger partial charge in [-0.2, -0.15) is 0 Å². The van der Waals surface area contributed by atoms with Crippen LogP contribution < -0.4 is 9.64 Å². The first-order valence-corrected chi connectivity index (χ1v) is 8.41. The zero-order chi connectivity index (χ0) is 16.4. The number of fused-ring (bicyclic) bond motifs is 1. The number of amides is 1. The van der Waals surface area contributed by atoms with Crippen molar-refractivity contribution < 1.29 is 14.3 Å². The van der Waals surface area contributed by atoms with Crippen LogP contribution in [0.25, 0.3) is 0 Å². The number of aryl methyl sites for hydroxylation is 1. The van der Waals surface area contributed by atoms with Crippen LogP contribution in [0.2, 0.25) is 0 Å². The van der Waals surface area contributed by atoms with Crippen LogP contribution in [0.5, 0.6) is 5.75 Å². The number of anilines is 1. The molecule has 1 aromatic heterocycles. The van der Waals surface area contributed by atoms with E-state index in [9.17, 15) is 4.79 Å². The van der Waals surface area contributed by atoms with Gasteiger partial charge in [-0.15, -0.1) is 0 Å². The molecule has 124 valence electrons. The second-order valence-corrected chi connectivity index (χ2v) is 6.16. The fourth-order valence-corrected chi connectivity index (χ4v) is 3.30. The smallest absolute Gasteiger partial charge is 0.277 e. The Balaban J connectivity index is 1.68. The summed E-state index contributed by atoms with van der Waals surface area (Å²) in [5.74, 6) is 0.721. The summed E-state index contributed by atoms with van der Waals surface area (Å²) < 4.78 is 11.1. The van der Waals surface area contributed by atoms with Gasteiger partial charge in [0.15, 0.2) is 0 Å². The van der Waals surface area contributed by atoms with Crippen molar-refractivity contribution in [2.24, 2.45) is 0 Å². The highest BCUT2D eigenvalue weighted by atomic mass is 16.5. The maximum absolute atomic E-state index is 13.2. The van der Waals surface area contributed by atoms with Crippen molar-refractivity contribution in [1.82, 2.24) is 4.98 Å². The molecule has 24 heavy (non-hydrogen) atoms. The minimum Gasteiger partial charge on any atom is -0.492 e. The molecule has 1 saturated heterocycles. The first-order valence-electron chi connectivity index (χ1n) is 8.41. The highest BCUT2D eigenvalue weighted by Crippen LogP contribution is 2.27. The molecule has 5 nitrogen and oxygen atoms in total. The fraction of sp³-hybridized carbons (Fsp3) is 0.368. The van der Waals surface area contributed by atoms with Crippen LogP contribution in [0.4, 0.5) is 5.69 Å². The normalized spacial score (nSPS) is 19.4. The van der Waals surface area contributed by atoms with Gasteiger partial charge in [-0.25, -0.2) is 4.98 Å². The van der Waals surface area contributed by atoms with Gasteiger partial charge in [0.2, 0.25) is 0 Å². The molecular formula is C19H20N2O3. The summed E-state index contributed by atoms with van der Waals surface area (Å²) in [5.41, 5.74) is 2.42. The number of aromatic nitrogens is 1. The van der Waals surface area contributed by atoms with Crippen molar-refractivity contribution in [3.05, 3.63) is 53.9 Å². The lowest BCUT2D eigenvalue weighted by atomic mass is 10.1. The molecule has 0 saturated carbocycles. The quantitative estimate of drug-likeness (QED) is 0.871. The van der Waals surface area contributed by atoms with Gasteiger partial charge in [-0.05, 0) is 43.0 Å². The van der Waals surface area contributed by atoms with E-state index in [1.54, 1.807) is 6.20 Å². The number of hydrogen-bond acceptors (Lipinski definition) is 4. The van der Waals surface area contributed by atoms with Gasteiger partial charge in [-0.1, -0.05) is 18.2 Å². The van der Waals surface area contributed by atoms with Crippen molar-refractivity contribution in [1.29, 1.82) is 0 Å². The fourth-order valence-electron chi connectivity index (χ4n) is 3.30. The molecule has 0 N–H and O–H groups in total. The van der Waals surface area contributed by atoms with E-state index in [2.05, 4.69) is 4.98 Å². The monoisotopic (exact) mass is 324 g/mol. The van der Waals surface area contributed by atoms with Crippen LogP contribution in [0.3, 0.4) is 0 Å². The minimum absolute atomic E-state index is 0.0500. The van der Waals surface area contributed by atoms with Crippen molar-refractivity contribution in [2.75, 3.05) is 24.7 Å². The SMILES string of the molecule is O=C(c1cc2c(cn1)OCCC2)N(c1ccccc1)C1CCOC1. The number of benzene rings is 1. The number of carbonyl (C=O) groups excluding carboxylic acids is 1. The van der Waals surface area contributed by atoms with Gasteiger partial charge in [-0.3, -0.25) is 4.79 Å². The lowest BCUT2D eigenvalue weighted by molar-refractivity contribution is 0.0966. The molecule has 3 heterocycles. The highest BCUT2D eigenvalue weighted by Gasteiger charge is 2.30. The van der Waals surface area contributed by atoms with Gasteiger partial charge in [0, 0.05) is 12.3 Å². The first-order chi connectivity index (χ1) is 11.8. The largest absolute Gasteiger partial charge is 0.492 e. The third-order valence-electron chi connectivity index (χ3n) is 4.54. The number of hydrogen-bond donors (Lipinski definition) is 0. The number of rotatable bonds is 3. The molecule has 4 rings (SSSR count). The minimum atomic E-state index is -0.0786. The average molecular weight is 324 g/mol. The summed E-state index contributed by atoms with van der Waals surface area (Å²) in [5, 5.41) is 0. The average Bonchev–Trinajstić information content (AvgIpc) is 3.16. The molecule has 0 aliphatic carbocycles. The van der Waals surface area contributed by atoms with E-state index in [4.69, 9.17) is 9.47 Å². The zero-order valence-electron chi connectivity index (χ0n) is 13.5. The summed E-state index contributed by atoms with van der Waals surface area (Å²) >= 11 is 0. The second-order valence-electron chi connectivity index (χ2n) is 6.16. The molecule has 0 spiro atoms. The van der Waals surface area contributed by atoms with E-state index in [1.807, 2.05) is 41.3 Å². The molecule has 2 aliphatic rings. The van der Waals surface area contributed by atoms with E-state index < -0.39 is 0 Å². The molecule has 0 bridgehead atoms. The van der Waals surface area contributed by atoms with Crippen LogP contribution in [0.1, 0.15) is 28.9 Å². The Kier molecular flexibility index (Phi) is 4.17. The Hall–Kier alpha value is -2.40. The second kappa shape index (κ2) is 6.61. The molecule has 5 heteroatoms. The summed E-state index contributed by atoms with van der Waals surface area (Å²) in [6, 6.07) is 11.7. The third-order valence-corrected chi connectivity index (χ3v) is 4.54. The summed E-state index contributed by atoms with van der Waals surface area (Å²) in [6.07, 6.45) is 4.42. The molecule has 2 aromatic rings. The summed E-state index contributed by atoms with van der Waals surface area (Å²) in [7, 11) is 0. The highest BCUT2D eigenvalue weighted by molar-refractivity contribution is 6.05. The Morgan fingerprint density at radius 1 is 1.21 bits per heavy atom. The predicted molar refractivity (Wildman–Crippen MR) is 90.5 cm³/mol. The zero-order valence-corrected chi connectivity index (χ0v) is 13.5. The molecular weight excluding hydrogens is 304 g/mol. The number of ether oxygens (including phenoxy) is 2. The topological polar surface area (TPSA) is 51.7 Å². The maximum atomic E-state index is 13.2. The Morgan fingerprint density at radius 2 is 2.08 bits per heavy atom. The van der Waals surface area contributed by atoms with Crippen LogP contribution in [0, 0.1) is 0 Å².